The number of hydrogen-bond acceptors (Lipinski definition) is 2. The normalized spacial score (nSPS) is 10.2. The van der Waals surface area contributed by atoms with Crippen molar-refractivity contribution in [3.63, 3.8) is 0 Å². The molecule has 2 nitrogen and oxygen atoms in total. The van der Waals surface area contributed by atoms with Crippen molar-refractivity contribution < 1.29 is 4.74 Å². The lowest BCUT2D eigenvalue weighted by Gasteiger charge is -2.09. The molecule has 0 fully saturated rings. The van der Waals surface area contributed by atoms with E-state index in [9.17, 15) is 0 Å². The number of nitrogen functional groups attached to an aromatic ring is 1. The highest BCUT2D eigenvalue weighted by Gasteiger charge is 2.02. The monoisotopic (exact) mass is 311 g/mol. The molecule has 0 spiro atoms. The van der Waals surface area contributed by atoms with Crippen LogP contribution in [0.5, 0.6) is 5.75 Å². The van der Waals surface area contributed by atoms with Gasteiger partial charge in [0.1, 0.15) is 12.4 Å². The number of nitrogens with two attached hydrogens (primary N) is 1. The van der Waals surface area contributed by atoms with Gasteiger partial charge in [0.2, 0.25) is 0 Å². The minimum absolute atomic E-state index is 0.446. The predicted octanol–water partition coefficient (Wildman–Crippen LogP) is 4.26. The minimum atomic E-state index is 0.446. The maximum Gasteiger partial charge on any atom is 0.143 e. The summed E-state index contributed by atoms with van der Waals surface area (Å²) in [6.45, 7) is 0.446. The molecular formula is C13H11BrClNO. The van der Waals surface area contributed by atoms with E-state index in [1.54, 1.807) is 6.07 Å². The Labute approximate surface area is 113 Å². The number of benzene rings is 2. The summed E-state index contributed by atoms with van der Waals surface area (Å²) in [7, 11) is 0. The van der Waals surface area contributed by atoms with Gasteiger partial charge in [-0.3, -0.25) is 0 Å². The molecule has 0 radical (unpaired) electrons. The zero-order valence-corrected chi connectivity index (χ0v) is 11.3. The van der Waals surface area contributed by atoms with Crippen molar-refractivity contribution in [1.82, 2.24) is 0 Å². The Bertz CT molecular complexity index is 531. The molecule has 0 unspecified atom stereocenters. The highest BCUT2D eigenvalue weighted by atomic mass is 79.9. The Morgan fingerprint density at radius 2 is 2.00 bits per heavy atom. The molecule has 4 heteroatoms. The summed E-state index contributed by atoms with van der Waals surface area (Å²) in [5, 5.41) is 0.702. The van der Waals surface area contributed by atoms with Crippen molar-refractivity contribution in [2.45, 2.75) is 6.61 Å². The second-order valence-corrected chi connectivity index (χ2v) is 4.95. The van der Waals surface area contributed by atoms with Crippen LogP contribution in [-0.2, 0) is 6.61 Å². The van der Waals surface area contributed by atoms with Gasteiger partial charge in [0.25, 0.3) is 0 Å². The molecule has 2 N–H and O–H groups in total. The van der Waals surface area contributed by atoms with Crippen LogP contribution in [0.15, 0.2) is 46.9 Å². The Morgan fingerprint density at radius 1 is 1.18 bits per heavy atom. The van der Waals surface area contributed by atoms with E-state index in [1.807, 2.05) is 36.4 Å². The van der Waals surface area contributed by atoms with E-state index in [0.29, 0.717) is 23.1 Å². The Morgan fingerprint density at radius 3 is 2.76 bits per heavy atom. The summed E-state index contributed by atoms with van der Waals surface area (Å²) in [6, 6.07) is 13.1. The first-order valence-electron chi connectivity index (χ1n) is 5.07. The van der Waals surface area contributed by atoms with Gasteiger partial charge < -0.3 is 10.5 Å². The molecule has 0 bridgehead atoms. The van der Waals surface area contributed by atoms with Crippen LogP contribution in [0.4, 0.5) is 5.69 Å². The first-order chi connectivity index (χ1) is 8.15. The summed E-state index contributed by atoms with van der Waals surface area (Å²) in [5.41, 5.74) is 7.44. The van der Waals surface area contributed by atoms with Gasteiger partial charge in [-0.25, -0.2) is 0 Å². The van der Waals surface area contributed by atoms with Gasteiger partial charge in [-0.05, 0) is 35.9 Å². The van der Waals surface area contributed by atoms with Crippen LogP contribution in [-0.4, -0.2) is 0 Å². The fraction of sp³-hybridized carbons (Fsp3) is 0.0769. The van der Waals surface area contributed by atoms with Crippen LogP contribution >= 0.6 is 27.5 Å². The van der Waals surface area contributed by atoms with Crippen molar-refractivity contribution in [1.29, 1.82) is 0 Å². The van der Waals surface area contributed by atoms with E-state index in [-0.39, 0.29) is 0 Å². The standard InChI is InChI=1S/C13H11BrClNO/c14-10-4-5-12(16)13(7-10)17-8-9-2-1-3-11(15)6-9/h1-7H,8,16H2. The summed E-state index contributed by atoms with van der Waals surface area (Å²) in [4.78, 5) is 0. The molecule has 0 heterocycles. The third kappa shape index (κ3) is 3.38. The van der Waals surface area contributed by atoms with Gasteiger partial charge in [0.15, 0.2) is 0 Å². The minimum Gasteiger partial charge on any atom is -0.487 e. The molecule has 0 saturated carbocycles. The lowest BCUT2D eigenvalue weighted by molar-refractivity contribution is 0.308. The van der Waals surface area contributed by atoms with Crippen molar-refractivity contribution in [3.8, 4) is 5.75 Å². The zero-order chi connectivity index (χ0) is 12.3. The summed E-state index contributed by atoms with van der Waals surface area (Å²) >= 11 is 9.27. The van der Waals surface area contributed by atoms with Crippen molar-refractivity contribution in [2.24, 2.45) is 0 Å². The second kappa shape index (κ2) is 5.43. The molecule has 0 aliphatic carbocycles. The maximum absolute atomic E-state index is 5.90. The lowest BCUT2D eigenvalue weighted by Crippen LogP contribution is -1.98. The molecule has 0 aliphatic heterocycles. The summed E-state index contributed by atoms with van der Waals surface area (Å²) in [5.74, 6) is 0.666. The third-order valence-corrected chi connectivity index (χ3v) is 2.99. The van der Waals surface area contributed by atoms with Gasteiger partial charge in [-0.2, -0.15) is 0 Å². The van der Waals surface area contributed by atoms with E-state index in [0.717, 1.165) is 10.0 Å². The van der Waals surface area contributed by atoms with Crippen LogP contribution in [0.3, 0.4) is 0 Å². The molecule has 0 saturated heterocycles. The highest BCUT2D eigenvalue weighted by Crippen LogP contribution is 2.26. The van der Waals surface area contributed by atoms with Crippen LogP contribution in [0.2, 0.25) is 5.02 Å². The Hall–Kier alpha value is -1.19. The Kier molecular flexibility index (Phi) is 3.92. The molecule has 0 amide bonds. The van der Waals surface area contributed by atoms with Gasteiger partial charge in [-0.15, -0.1) is 0 Å². The quantitative estimate of drug-likeness (QED) is 0.859. The SMILES string of the molecule is Nc1ccc(Br)cc1OCc1cccc(Cl)c1. The topological polar surface area (TPSA) is 35.2 Å². The van der Waals surface area contributed by atoms with Crippen molar-refractivity contribution >= 4 is 33.2 Å². The first-order valence-corrected chi connectivity index (χ1v) is 6.24. The average molecular weight is 313 g/mol. The average Bonchev–Trinajstić information content (AvgIpc) is 2.30. The maximum atomic E-state index is 5.90. The molecule has 2 aromatic carbocycles. The molecule has 2 aromatic rings. The Balaban J connectivity index is 2.09. The highest BCUT2D eigenvalue weighted by molar-refractivity contribution is 9.10. The fourth-order valence-electron chi connectivity index (χ4n) is 1.42. The molecule has 17 heavy (non-hydrogen) atoms. The van der Waals surface area contributed by atoms with E-state index in [1.165, 1.54) is 0 Å². The van der Waals surface area contributed by atoms with E-state index >= 15 is 0 Å². The van der Waals surface area contributed by atoms with Gasteiger partial charge in [0.05, 0.1) is 5.69 Å². The smallest absolute Gasteiger partial charge is 0.143 e. The third-order valence-electron chi connectivity index (χ3n) is 2.26. The molecule has 0 aromatic heterocycles. The van der Waals surface area contributed by atoms with Gasteiger partial charge in [0, 0.05) is 9.50 Å². The van der Waals surface area contributed by atoms with Crippen molar-refractivity contribution in [3.05, 3.63) is 57.5 Å². The fourth-order valence-corrected chi connectivity index (χ4v) is 1.97. The van der Waals surface area contributed by atoms with E-state index in [4.69, 9.17) is 22.1 Å². The zero-order valence-electron chi connectivity index (χ0n) is 8.99. The van der Waals surface area contributed by atoms with Crippen LogP contribution in [0.25, 0.3) is 0 Å². The number of rotatable bonds is 3. The summed E-state index contributed by atoms with van der Waals surface area (Å²) in [6.07, 6.45) is 0. The molecule has 0 atom stereocenters. The number of anilines is 1. The number of halogens is 2. The molecule has 88 valence electrons. The van der Waals surface area contributed by atoms with Crippen LogP contribution < -0.4 is 10.5 Å². The van der Waals surface area contributed by atoms with Gasteiger partial charge >= 0.3 is 0 Å². The number of hydrogen-bond donors (Lipinski definition) is 1. The van der Waals surface area contributed by atoms with E-state index < -0.39 is 0 Å². The molecular weight excluding hydrogens is 302 g/mol. The van der Waals surface area contributed by atoms with Crippen LogP contribution in [0.1, 0.15) is 5.56 Å². The first kappa shape index (κ1) is 12.3. The van der Waals surface area contributed by atoms with Gasteiger partial charge in [-0.1, -0.05) is 39.7 Å². The predicted molar refractivity (Wildman–Crippen MR) is 74.3 cm³/mol. The van der Waals surface area contributed by atoms with Crippen molar-refractivity contribution in [2.75, 3.05) is 5.73 Å². The number of ether oxygens (including phenoxy) is 1. The van der Waals surface area contributed by atoms with E-state index in [2.05, 4.69) is 15.9 Å². The second-order valence-electron chi connectivity index (χ2n) is 3.60. The largest absolute Gasteiger partial charge is 0.487 e. The van der Waals surface area contributed by atoms with Crippen LogP contribution in [0, 0.1) is 0 Å². The lowest BCUT2D eigenvalue weighted by atomic mass is 10.2. The molecule has 2 rings (SSSR count). The molecule has 0 aliphatic rings. The summed E-state index contributed by atoms with van der Waals surface area (Å²) < 4.78 is 6.58.